The molecule has 0 unspecified atom stereocenters. The fourth-order valence-electron chi connectivity index (χ4n) is 5.96. The molecule has 0 fully saturated rings. The molecule has 48 heavy (non-hydrogen) atoms. The van der Waals surface area contributed by atoms with Crippen molar-refractivity contribution in [2.24, 2.45) is 0 Å². The minimum atomic E-state index is 0. The zero-order valence-electron chi connectivity index (χ0n) is 30.5. The average molecular weight is 730 g/mol. The first kappa shape index (κ1) is 45.6. The van der Waals surface area contributed by atoms with Crippen molar-refractivity contribution < 1.29 is 19.2 Å². The summed E-state index contributed by atoms with van der Waals surface area (Å²) in [4.78, 5) is 0. The summed E-state index contributed by atoms with van der Waals surface area (Å²) >= 11 is 1.81. The second kappa shape index (κ2) is 21.0. The van der Waals surface area contributed by atoms with Crippen molar-refractivity contribution in [2.45, 2.75) is 79.1 Å². The SMILES string of the molecule is CC(C)c1cc(C(C)C)c2cc(-c3ccccc3)[cH-]c2c1.CC(C)c1cc(C(C)C)c2cc(-c3ccccc3)[cH-]c2c1.Cl.Cl.[CH3-].[CH3-].[Si]=[Ti]. The number of hydrogen-bond donors (Lipinski definition) is 0. The predicted octanol–water partition coefficient (Wildman–Crippen LogP) is 14.3. The topological polar surface area (TPSA) is 0 Å². The number of fused-ring (bicyclic) bond motifs is 2. The standard InChI is InChI=1S/2C21H23.2CH3.2ClH.Si.Ti/c2*1-14(2)17-10-19-11-18(16-8-6-5-7-9-16)13-21(19)20(12-17)15(3)4;;;;;;/h2*5-15H,1-4H3;2*1H3;2*1H;;/q4*-1;;;;. The molecule has 6 aromatic rings. The zero-order chi connectivity index (χ0) is 32.0. The Bertz CT molecular complexity index is 1660. The molecule has 0 bridgehead atoms. The Morgan fingerprint density at radius 2 is 0.771 bits per heavy atom. The summed E-state index contributed by atoms with van der Waals surface area (Å²) in [6, 6.07) is 40.2. The Balaban J connectivity index is 0.000000811. The van der Waals surface area contributed by atoms with Gasteiger partial charge in [0.1, 0.15) is 0 Å². The van der Waals surface area contributed by atoms with Crippen LogP contribution in [-0.4, -0.2) is 7.63 Å². The molecule has 0 saturated carbocycles. The Morgan fingerprint density at radius 1 is 0.458 bits per heavy atom. The molecular formula is C44H54Cl2SiTi-4. The Labute approximate surface area is 318 Å². The molecule has 2 radical (unpaired) electrons. The van der Waals surface area contributed by atoms with Gasteiger partial charge in [-0.05, 0) is 23.7 Å². The van der Waals surface area contributed by atoms with E-state index in [9.17, 15) is 0 Å². The first-order valence-corrected chi connectivity index (χ1v) is 18.8. The van der Waals surface area contributed by atoms with Crippen molar-refractivity contribution in [3.8, 4) is 22.3 Å². The molecule has 0 nitrogen and oxygen atoms in total. The molecule has 0 heterocycles. The Morgan fingerprint density at radius 3 is 1.04 bits per heavy atom. The monoisotopic (exact) mass is 728 g/mol. The van der Waals surface area contributed by atoms with E-state index in [1.54, 1.807) is 19.2 Å². The van der Waals surface area contributed by atoms with E-state index in [1.807, 2.05) is 0 Å². The van der Waals surface area contributed by atoms with Gasteiger partial charge in [0.05, 0.1) is 0 Å². The molecule has 256 valence electrons. The van der Waals surface area contributed by atoms with Crippen molar-refractivity contribution >= 4 is 54.0 Å². The molecule has 4 heteroatoms. The maximum absolute atomic E-state index is 2.97. The summed E-state index contributed by atoms with van der Waals surface area (Å²) in [6.07, 6.45) is 0. The second-order valence-electron chi connectivity index (χ2n) is 13.1. The van der Waals surface area contributed by atoms with Crippen LogP contribution >= 0.6 is 24.8 Å². The van der Waals surface area contributed by atoms with Crippen LogP contribution in [0.25, 0.3) is 43.8 Å². The van der Waals surface area contributed by atoms with Gasteiger partial charge in [0, 0.05) is 0 Å². The van der Waals surface area contributed by atoms with Gasteiger partial charge in [-0.15, -0.1) is 93.9 Å². The van der Waals surface area contributed by atoms with Crippen LogP contribution in [0.15, 0.2) is 109 Å². The van der Waals surface area contributed by atoms with Crippen LogP contribution < -0.4 is 0 Å². The normalized spacial score (nSPS) is 10.3. The second-order valence-corrected chi connectivity index (χ2v) is 13.1. The number of benzene rings is 4. The molecule has 0 N–H and O–H groups in total. The third-order valence-corrected chi connectivity index (χ3v) is 8.55. The Kier molecular flexibility index (Phi) is 19.9. The van der Waals surface area contributed by atoms with Crippen LogP contribution in [0.3, 0.4) is 0 Å². The van der Waals surface area contributed by atoms with Crippen LogP contribution in [0.1, 0.15) is 101 Å². The summed E-state index contributed by atoms with van der Waals surface area (Å²) in [7, 11) is 2.97. The van der Waals surface area contributed by atoms with Crippen molar-refractivity contribution in [2.75, 3.05) is 0 Å². The molecule has 0 aliphatic rings. The van der Waals surface area contributed by atoms with Crippen molar-refractivity contribution in [3.05, 3.63) is 146 Å². The van der Waals surface area contributed by atoms with Gasteiger partial charge in [0.2, 0.25) is 0 Å². The van der Waals surface area contributed by atoms with Gasteiger partial charge in [0.25, 0.3) is 0 Å². The molecule has 0 spiro atoms. The van der Waals surface area contributed by atoms with Gasteiger partial charge in [0.15, 0.2) is 0 Å². The van der Waals surface area contributed by atoms with Crippen LogP contribution in [0.4, 0.5) is 0 Å². The third kappa shape index (κ3) is 10.8. The molecule has 0 saturated heterocycles. The summed E-state index contributed by atoms with van der Waals surface area (Å²) in [6.45, 7) is 18.2. The summed E-state index contributed by atoms with van der Waals surface area (Å²) in [5.41, 5.74) is 11.1. The van der Waals surface area contributed by atoms with Gasteiger partial charge in [-0.25, -0.2) is 0 Å². The number of rotatable bonds is 6. The van der Waals surface area contributed by atoms with E-state index in [1.165, 1.54) is 66.1 Å². The van der Waals surface area contributed by atoms with E-state index in [2.05, 4.69) is 172 Å². The van der Waals surface area contributed by atoms with E-state index < -0.39 is 0 Å². The van der Waals surface area contributed by atoms with Gasteiger partial charge in [-0.2, -0.15) is 0 Å². The van der Waals surface area contributed by atoms with Gasteiger partial charge < -0.3 is 14.9 Å². The van der Waals surface area contributed by atoms with Crippen molar-refractivity contribution in [3.63, 3.8) is 0 Å². The number of halogens is 2. The fraction of sp³-hybridized carbons (Fsp3) is 0.273. The fourth-order valence-corrected chi connectivity index (χ4v) is 5.96. The molecule has 0 aliphatic heterocycles. The molecule has 6 aromatic carbocycles. The first-order valence-electron chi connectivity index (χ1n) is 16.0. The van der Waals surface area contributed by atoms with Gasteiger partial charge >= 0.3 is 26.8 Å². The summed E-state index contributed by atoms with van der Waals surface area (Å²) in [5.74, 6) is 2.25. The molecule has 0 atom stereocenters. The number of hydrogen-bond acceptors (Lipinski definition) is 0. The van der Waals surface area contributed by atoms with Gasteiger partial charge in [-0.1, -0.05) is 162 Å². The van der Waals surface area contributed by atoms with Crippen LogP contribution in [0, 0.1) is 14.9 Å². The molecular weight excluding hydrogens is 675 g/mol. The van der Waals surface area contributed by atoms with Crippen molar-refractivity contribution in [1.82, 2.24) is 0 Å². The average Bonchev–Trinajstić information content (AvgIpc) is 3.67. The summed E-state index contributed by atoms with van der Waals surface area (Å²) < 4.78 is 0. The minimum absolute atomic E-state index is 0. The molecule has 0 aliphatic carbocycles. The predicted molar refractivity (Wildman–Crippen MR) is 219 cm³/mol. The van der Waals surface area contributed by atoms with Crippen LogP contribution in [-0.2, 0) is 19.2 Å². The first-order chi connectivity index (χ1) is 21.1. The molecule has 6 rings (SSSR count). The zero-order valence-corrected chi connectivity index (χ0v) is 34.7. The third-order valence-electron chi connectivity index (χ3n) is 8.55. The van der Waals surface area contributed by atoms with Crippen LogP contribution in [0.2, 0.25) is 0 Å². The van der Waals surface area contributed by atoms with E-state index in [0.717, 1.165) is 0 Å². The maximum atomic E-state index is 2.97. The van der Waals surface area contributed by atoms with E-state index in [4.69, 9.17) is 0 Å². The summed E-state index contributed by atoms with van der Waals surface area (Å²) in [5, 5.41) is 5.58. The van der Waals surface area contributed by atoms with Gasteiger partial charge in [-0.3, -0.25) is 0 Å². The molecule has 0 amide bonds. The molecule has 0 aromatic heterocycles. The van der Waals surface area contributed by atoms with E-state index >= 15 is 0 Å². The van der Waals surface area contributed by atoms with Crippen molar-refractivity contribution in [1.29, 1.82) is 0 Å². The Hall–Kier alpha value is -2.39. The van der Waals surface area contributed by atoms with Crippen LogP contribution in [0.5, 0.6) is 0 Å². The van der Waals surface area contributed by atoms with E-state index in [0.29, 0.717) is 23.7 Å². The quantitative estimate of drug-likeness (QED) is 0.118. The van der Waals surface area contributed by atoms with E-state index in [-0.39, 0.29) is 39.7 Å².